The van der Waals surface area contributed by atoms with Crippen molar-refractivity contribution in [2.45, 2.75) is 25.5 Å². The molecule has 0 aromatic carbocycles. The van der Waals surface area contributed by atoms with Gasteiger partial charge < -0.3 is 31.1 Å². The number of amides is 6. The molecule has 21 nitrogen and oxygen atoms in total. The normalized spacial score (nSPS) is 17.4. The van der Waals surface area contributed by atoms with Gasteiger partial charge in [0, 0.05) is 17.6 Å². The molecule has 1 atom stereocenters. The Morgan fingerprint density at radius 1 is 1.27 bits per heavy atom. The molecular formula is C22H24N10O11S2. The zero-order chi connectivity index (χ0) is 33.3. The zero-order valence-electron chi connectivity index (χ0n) is 23.2. The summed E-state index contributed by atoms with van der Waals surface area (Å²) in [5.74, 6) is -3.98. The minimum Gasteiger partial charge on any atom is -0.503 e. The van der Waals surface area contributed by atoms with E-state index in [4.69, 9.17) is 10.6 Å². The van der Waals surface area contributed by atoms with Gasteiger partial charge in [0.2, 0.25) is 11.0 Å². The van der Waals surface area contributed by atoms with Gasteiger partial charge in [0.05, 0.1) is 31.5 Å². The highest BCUT2D eigenvalue weighted by molar-refractivity contribution is 7.88. The number of carbonyl (C=O) groups excluding carboxylic acids is 4. The molecule has 0 saturated carbocycles. The number of nitrogens with one attached hydrogen (secondary N) is 3. The summed E-state index contributed by atoms with van der Waals surface area (Å²) in [4.78, 5) is 85.4. The lowest BCUT2D eigenvalue weighted by Gasteiger charge is -2.36. The Balaban J connectivity index is 1.36. The second-order valence-corrected chi connectivity index (χ2v) is 12.1. The fourth-order valence-corrected chi connectivity index (χ4v) is 5.10. The van der Waals surface area contributed by atoms with Crippen LogP contribution in [-0.2, 0) is 29.4 Å². The van der Waals surface area contributed by atoms with Crippen LogP contribution in [0.3, 0.4) is 0 Å². The number of hydrogen-bond acceptors (Lipinski definition) is 15. The number of aromatic amines is 1. The number of aromatic nitrogens is 2. The maximum atomic E-state index is 12.9. The molecule has 2 aliphatic heterocycles. The molecule has 2 aromatic rings. The van der Waals surface area contributed by atoms with Gasteiger partial charge in [0.25, 0.3) is 11.8 Å². The number of aromatic hydroxyl groups is 1. The second kappa shape index (κ2) is 12.2. The number of β-lactam (4-membered cyclic amide) rings is 1. The maximum Gasteiger partial charge on any atom is 0.355 e. The first-order chi connectivity index (χ1) is 21.0. The van der Waals surface area contributed by atoms with Crippen molar-refractivity contribution in [2.24, 2.45) is 10.3 Å². The van der Waals surface area contributed by atoms with Crippen molar-refractivity contribution in [1.29, 1.82) is 0 Å². The average Bonchev–Trinajstić information content (AvgIpc) is 3.56. The van der Waals surface area contributed by atoms with E-state index in [1.54, 1.807) is 4.72 Å². The highest BCUT2D eigenvalue weighted by atomic mass is 32.2. The fraction of sp³-hybridized carbons (Fsp3) is 0.318. The SMILES string of the molecule is CC(C)(ON=C(C(=O)N[C@H]1CN(C(=O)NS(=O)(=O)N2CCN(N=Cc3cc(=O)c(O)c[nH]3)C2=O)C1=O)c1csc(N)n1)C(=O)O. The Hall–Kier alpha value is -5.58. The van der Waals surface area contributed by atoms with E-state index in [1.807, 2.05) is 0 Å². The van der Waals surface area contributed by atoms with E-state index < -0.39 is 81.7 Å². The van der Waals surface area contributed by atoms with E-state index in [0.29, 0.717) is 9.21 Å². The summed E-state index contributed by atoms with van der Waals surface area (Å²) >= 11 is 0.941. The van der Waals surface area contributed by atoms with Gasteiger partial charge in [-0.25, -0.2) is 33.4 Å². The number of nitrogens with zero attached hydrogens (tertiary/aromatic N) is 6. The van der Waals surface area contributed by atoms with E-state index >= 15 is 0 Å². The molecule has 0 bridgehead atoms. The van der Waals surface area contributed by atoms with Crippen molar-refractivity contribution in [3.05, 3.63) is 39.3 Å². The van der Waals surface area contributed by atoms with Crippen LogP contribution in [0.25, 0.3) is 0 Å². The molecule has 0 radical (unpaired) electrons. The summed E-state index contributed by atoms with van der Waals surface area (Å²) in [5, 5.41) is 30.3. The van der Waals surface area contributed by atoms with E-state index in [1.165, 1.54) is 19.2 Å². The molecule has 2 aliphatic rings. The number of anilines is 1. The number of likely N-dealkylation sites (tertiary alicyclic amines) is 1. The average molecular weight is 669 g/mol. The minimum atomic E-state index is -4.80. The van der Waals surface area contributed by atoms with Gasteiger partial charge in [-0.2, -0.15) is 13.5 Å². The molecule has 6 amide bonds. The predicted molar refractivity (Wildman–Crippen MR) is 152 cm³/mol. The number of rotatable bonds is 10. The Labute approximate surface area is 256 Å². The van der Waals surface area contributed by atoms with Gasteiger partial charge in [-0.15, -0.1) is 11.3 Å². The third kappa shape index (κ3) is 6.98. The number of imide groups is 1. The molecule has 2 aromatic heterocycles. The van der Waals surface area contributed by atoms with E-state index in [2.05, 4.69) is 25.5 Å². The number of nitrogen functional groups attached to an aromatic ring is 1. The van der Waals surface area contributed by atoms with Gasteiger partial charge in [-0.3, -0.25) is 19.3 Å². The molecular weight excluding hydrogens is 644 g/mol. The fourth-order valence-electron chi connectivity index (χ4n) is 3.49. The quantitative estimate of drug-likeness (QED) is 0.0887. The summed E-state index contributed by atoms with van der Waals surface area (Å²) in [6, 6.07) is -2.88. The van der Waals surface area contributed by atoms with Gasteiger partial charge in [0.15, 0.2) is 16.6 Å². The molecule has 240 valence electrons. The van der Waals surface area contributed by atoms with Crippen LogP contribution in [-0.4, -0.2) is 116 Å². The van der Waals surface area contributed by atoms with Crippen LogP contribution < -0.4 is 21.2 Å². The molecule has 4 rings (SSSR count). The number of oxime groups is 1. The number of urea groups is 2. The van der Waals surface area contributed by atoms with Crippen molar-refractivity contribution in [3.8, 4) is 5.75 Å². The summed E-state index contributed by atoms with van der Waals surface area (Å²) in [7, 11) is -4.80. The van der Waals surface area contributed by atoms with Crippen molar-refractivity contribution in [3.63, 3.8) is 0 Å². The van der Waals surface area contributed by atoms with E-state index in [9.17, 15) is 47.4 Å². The number of carbonyl (C=O) groups is 5. The van der Waals surface area contributed by atoms with Crippen molar-refractivity contribution < 1.29 is 47.4 Å². The number of carboxylic acids is 1. The topological polar surface area (TPSA) is 299 Å². The Bertz CT molecular complexity index is 1800. The number of hydrazone groups is 1. The number of thiazole rings is 1. The second-order valence-electron chi connectivity index (χ2n) is 9.67. The van der Waals surface area contributed by atoms with Gasteiger partial charge >= 0.3 is 28.2 Å². The van der Waals surface area contributed by atoms with Crippen molar-refractivity contribution in [2.75, 3.05) is 25.4 Å². The number of hydrogen-bond donors (Lipinski definition) is 6. The third-order valence-electron chi connectivity index (χ3n) is 6.05. The lowest BCUT2D eigenvalue weighted by Crippen LogP contribution is -2.68. The summed E-state index contributed by atoms with van der Waals surface area (Å²) in [6.45, 7) is 1.23. The molecule has 23 heteroatoms. The lowest BCUT2D eigenvalue weighted by atomic mass is 10.1. The lowest BCUT2D eigenvalue weighted by molar-refractivity contribution is -0.161. The van der Waals surface area contributed by atoms with Crippen molar-refractivity contribution in [1.82, 2.24) is 34.2 Å². The number of nitrogens with two attached hydrogens (primary N) is 1. The summed E-state index contributed by atoms with van der Waals surface area (Å²) in [5.41, 5.74) is 2.53. The monoisotopic (exact) mass is 668 g/mol. The first kappa shape index (κ1) is 32.3. The van der Waals surface area contributed by atoms with Crippen LogP contribution in [0.5, 0.6) is 5.75 Å². The first-order valence-electron chi connectivity index (χ1n) is 12.4. The summed E-state index contributed by atoms with van der Waals surface area (Å²) in [6.07, 6.45) is 2.04. The van der Waals surface area contributed by atoms with Crippen LogP contribution in [0.15, 0.2) is 32.7 Å². The Morgan fingerprint density at radius 2 is 1.98 bits per heavy atom. The third-order valence-corrected chi connectivity index (χ3v) is 8.07. The largest absolute Gasteiger partial charge is 0.503 e. The van der Waals surface area contributed by atoms with Crippen LogP contribution in [0, 0.1) is 0 Å². The number of H-pyrrole nitrogens is 1. The maximum absolute atomic E-state index is 12.9. The molecule has 2 saturated heterocycles. The molecule has 2 fully saturated rings. The van der Waals surface area contributed by atoms with Crippen LogP contribution in [0.1, 0.15) is 25.2 Å². The van der Waals surface area contributed by atoms with Crippen molar-refractivity contribution >= 4 is 68.4 Å². The highest BCUT2D eigenvalue weighted by Gasteiger charge is 2.45. The Kier molecular flexibility index (Phi) is 8.76. The number of carboxylic acid groups (broad SMARTS) is 1. The van der Waals surface area contributed by atoms with Crippen LogP contribution >= 0.6 is 11.3 Å². The van der Waals surface area contributed by atoms with Gasteiger partial charge in [-0.1, -0.05) is 5.16 Å². The van der Waals surface area contributed by atoms with E-state index in [-0.39, 0.29) is 23.1 Å². The molecule has 0 unspecified atom stereocenters. The highest BCUT2D eigenvalue weighted by Crippen LogP contribution is 2.18. The standard InChI is InChI=1S/C22H24N10O11S2/c1-22(2,18(37)38)43-28-15(12-9-44-19(23)27-12)16(35)26-11-8-30(17(11)36)20(39)29-45(41,42)32-4-3-31(21(32)40)25-6-10-5-13(33)14(34)7-24-10/h5-7,9,11,34H,3-4,8H2,1-2H3,(H2,23,27)(H,24,33)(H,26,35)(H,29,39)(H,37,38)/t11-/m0/s1. The molecule has 4 heterocycles. The van der Waals surface area contributed by atoms with Gasteiger partial charge in [-0.05, 0) is 13.8 Å². The van der Waals surface area contributed by atoms with E-state index in [0.717, 1.165) is 34.8 Å². The first-order valence-corrected chi connectivity index (χ1v) is 14.8. The molecule has 7 N–H and O–H groups in total. The predicted octanol–water partition coefficient (Wildman–Crippen LogP) is -2.24. The minimum absolute atomic E-state index is 0.0480. The molecule has 0 spiro atoms. The molecule has 45 heavy (non-hydrogen) atoms. The Morgan fingerprint density at radius 3 is 2.58 bits per heavy atom. The molecule has 0 aliphatic carbocycles. The zero-order valence-corrected chi connectivity index (χ0v) is 24.8. The van der Waals surface area contributed by atoms with Crippen LogP contribution in [0.4, 0.5) is 14.7 Å². The summed E-state index contributed by atoms with van der Waals surface area (Å²) < 4.78 is 27.4. The number of aliphatic carboxylic acids is 1. The number of pyridine rings is 1. The van der Waals surface area contributed by atoms with Crippen LogP contribution in [0.2, 0.25) is 0 Å². The smallest absolute Gasteiger partial charge is 0.355 e. The van der Waals surface area contributed by atoms with Gasteiger partial charge in [0.1, 0.15) is 11.7 Å².